The standard InChI is InChI=1S/C23H17FO3/c1-15-3-2-4-17(11-15)12-22-23(25)20-10-9-19(13-21(20)27-22)26-14-16-5-7-18(24)8-6-16/h2-13H,14H2,1H3/b22-12-. The van der Waals surface area contributed by atoms with Crippen LogP contribution < -0.4 is 9.47 Å². The van der Waals surface area contributed by atoms with E-state index in [0.717, 1.165) is 16.7 Å². The minimum Gasteiger partial charge on any atom is -0.489 e. The van der Waals surface area contributed by atoms with Gasteiger partial charge in [-0.25, -0.2) is 4.39 Å². The maximum Gasteiger partial charge on any atom is 0.231 e. The summed E-state index contributed by atoms with van der Waals surface area (Å²) in [5, 5.41) is 0. The van der Waals surface area contributed by atoms with Crippen molar-refractivity contribution in [3.8, 4) is 11.5 Å². The van der Waals surface area contributed by atoms with Gasteiger partial charge in [-0.05, 0) is 48.4 Å². The number of hydrogen-bond acceptors (Lipinski definition) is 3. The van der Waals surface area contributed by atoms with Crippen molar-refractivity contribution in [3.63, 3.8) is 0 Å². The highest BCUT2D eigenvalue weighted by Crippen LogP contribution is 2.35. The molecule has 0 fully saturated rings. The van der Waals surface area contributed by atoms with E-state index in [1.165, 1.54) is 12.1 Å². The summed E-state index contributed by atoms with van der Waals surface area (Å²) in [5.74, 6) is 0.942. The summed E-state index contributed by atoms with van der Waals surface area (Å²) in [6.45, 7) is 2.30. The molecule has 4 heteroatoms. The van der Waals surface area contributed by atoms with E-state index in [1.807, 2.05) is 31.2 Å². The van der Waals surface area contributed by atoms with Gasteiger partial charge in [0.05, 0.1) is 5.56 Å². The Bertz CT molecular complexity index is 1040. The number of rotatable bonds is 4. The van der Waals surface area contributed by atoms with Crippen molar-refractivity contribution >= 4 is 11.9 Å². The molecule has 0 bridgehead atoms. The van der Waals surface area contributed by atoms with Gasteiger partial charge in [0.1, 0.15) is 23.9 Å². The van der Waals surface area contributed by atoms with Crippen LogP contribution in [0.5, 0.6) is 11.5 Å². The van der Waals surface area contributed by atoms with E-state index in [2.05, 4.69) is 0 Å². The summed E-state index contributed by atoms with van der Waals surface area (Å²) in [6, 6.07) is 19.1. The first-order chi connectivity index (χ1) is 13.1. The number of ether oxygens (including phenoxy) is 2. The molecule has 0 amide bonds. The zero-order chi connectivity index (χ0) is 18.8. The van der Waals surface area contributed by atoms with Crippen LogP contribution in [0.3, 0.4) is 0 Å². The molecular formula is C23H17FO3. The van der Waals surface area contributed by atoms with Crippen molar-refractivity contribution in [2.45, 2.75) is 13.5 Å². The largest absolute Gasteiger partial charge is 0.489 e. The molecule has 0 spiro atoms. The Labute approximate surface area is 156 Å². The Hall–Kier alpha value is -3.40. The fraction of sp³-hybridized carbons (Fsp3) is 0.0870. The summed E-state index contributed by atoms with van der Waals surface area (Å²) in [5.41, 5.74) is 3.40. The molecule has 3 aromatic rings. The topological polar surface area (TPSA) is 35.5 Å². The number of carbonyl (C=O) groups excluding carboxylic acids is 1. The predicted octanol–water partition coefficient (Wildman–Crippen LogP) is 5.33. The van der Waals surface area contributed by atoms with Gasteiger partial charge in [-0.1, -0.05) is 42.0 Å². The van der Waals surface area contributed by atoms with Crippen LogP contribution in [-0.4, -0.2) is 5.78 Å². The van der Waals surface area contributed by atoms with Gasteiger partial charge in [0.2, 0.25) is 5.78 Å². The number of Topliss-reactive ketones (excluding diaryl/α,β-unsaturated/α-hetero) is 1. The fourth-order valence-electron chi connectivity index (χ4n) is 2.92. The number of hydrogen-bond donors (Lipinski definition) is 0. The maximum absolute atomic E-state index is 13.0. The lowest BCUT2D eigenvalue weighted by Crippen LogP contribution is -1.98. The molecule has 1 aliphatic heterocycles. The first-order valence-corrected chi connectivity index (χ1v) is 8.61. The van der Waals surface area contributed by atoms with E-state index < -0.39 is 0 Å². The van der Waals surface area contributed by atoms with E-state index in [4.69, 9.17) is 9.47 Å². The molecule has 27 heavy (non-hydrogen) atoms. The Balaban J connectivity index is 1.51. The van der Waals surface area contributed by atoms with Gasteiger partial charge in [-0.2, -0.15) is 0 Å². The number of carbonyl (C=O) groups is 1. The number of fused-ring (bicyclic) bond motifs is 1. The van der Waals surface area contributed by atoms with E-state index in [1.54, 1.807) is 36.4 Å². The summed E-state index contributed by atoms with van der Waals surface area (Å²) < 4.78 is 24.4. The highest BCUT2D eigenvalue weighted by atomic mass is 19.1. The first kappa shape index (κ1) is 17.0. The Kier molecular flexibility index (Phi) is 4.47. The van der Waals surface area contributed by atoms with Crippen molar-refractivity contribution in [2.24, 2.45) is 0 Å². The quantitative estimate of drug-likeness (QED) is 0.590. The molecule has 0 radical (unpaired) electrons. The van der Waals surface area contributed by atoms with Crippen LogP contribution in [0, 0.1) is 12.7 Å². The summed E-state index contributed by atoms with van der Waals surface area (Å²) in [4.78, 5) is 12.5. The van der Waals surface area contributed by atoms with Crippen LogP contribution in [0.4, 0.5) is 4.39 Å². The van der Waals surface area contributed by atoms with Gasteiger partial charge >= 0.3 is 0 Å². The molecule has 0 saturated heterocycles. The van der Waals surface area contributed by atoms with Crippen molar-refractivity contribution < 1.29 is 18.7 Å². The van der Waals surface area contributed by atoms with E-state index in [-0.39, 0.29) is 11.6 Å². The summed E-state index contributed by atoms with van der Waals surface area (Å²) in [6.07, 6.45) is 1.74. The Morgan fingerprint density at radius 2 is 1.85 bits per heavy atom. The molecule has 134 valence electrons. The normalized spacial score (nSPS) is 14.1. The third-order valence-electron chi connectivity index (χ3n) is 4.30. The van der Waals surface area contributed by atoms with E-state index in [0.29, 0.717) is 29.4 Å². The van der Waals surface area contributed by atoms with Crippen molar-refractivity contribution in [1.82, 2.24) is 0 Å². The SMILES string of the molecule is Cc1cccc(/C=C2\Oc3cc(OCc4ccc(F)cc4)ccc3C2=O)c1. The third-order valence-corrected chi connectivity index (χ3v) is 4.30. The number of ketones is 1. The second kappa shape index (κ2) is 7.08. The second-order valence-corrected chi connectivity index (χ2v) is 6.43. The van der Waals surface area contributed by atoms with Crippen LogP contribution in [0.15, 0.2) is 72.5 Å². The van der Waals surface area contributed by atoms with Crippen molar-refractivity contribution in [1.29, 1.82) is 0 Å². The summed E-state index contributed by atoms with van der Waals surface area (Å²) >= 11 is 0. The molecule has 3 nitrogen and oxygen atoms in total. The molecule has 1 aliphatic rings. The highest BCUT2D eigenvalue weighted by Gasteiger charge is 2.27. The first-order valence-electron chi connectivity index (χ1n) is 8.61. The lowest BCUT2D eigenvalue weighted by molar-refractivity contribution is 0.101. The summed E-state index contributed by atoms with van der Waals surface area (Å²) in [7, 11) is 0. The Morgan fingerprint density at radius 1 is 1.04 bits per heavy atom. The maximum atomic E-state index is 13.0. The van der Waals surface area contributed by atoms with Gasteiger partial charge in [0, 0.05) is 6.07 Å². The zero-order valence-electron chi connectivity index (χ0n) is 14.7. The molecule has 0 aliphatic carbocycles. The number of benzene rings is 3. The van der Waals surface area contributed by atoms with Crippen LogP contribution in [0.1, 0.15) is 27.0 Å². The monoisotopic (exact) mass is 360 g/mol. The van der Waals surface area contributed by atoms with Gasteiger partial charge in [0.15, 0.2) is 5.76 Å². The predicted molar refractivity (Wildman–Crippen MR) is 101 cm³/mol. The van der Waals surface area contributed by atoms with Crippen molar-refractivity contribution in [3.05, 3.63) is 101 Å². The van der Waals surface area contributed by atoms with Gasteiger partial charge in [0.25, 0.3) is 0 Å². The molecular weight excluding hydrogens is 343 g/mol. The van der Waals surface area contributed by atoms with Crippen molar-refractivity contribution in [2.75, 3.05) is 0 Å². The molecule has 3 aromatic carbocycles. The van der Waals surface area contributed by atoms with Gasteiger partial charge in [-0.3, -0.25) is 4.79 Å². The molecule has 1 heterocycles. The lowest BCUT2D eigenvalue weighted by atomic mass is 10.1. The lowest BCUT2D eigenvalue weighted by Gasteiger charge is -2.07. The number of allylic oxidation sites excluding steroid dienone is 1. The van der Waals surface area contributed by atoms with E-state index >= 15 is 0 Å². The Morgan fingerprint density at radius 3 is 2.63 bits per heavy atom. The van der Waals surface area contributed by atoms with Crippen LogP contribution in [0.2, 0.25) is 0 Å². The highest BCUT2D eigenvalue weighted by molar-refractivity contribution is 6.14. The molecule has 0 atom stereocenters. The molecule has 0 N–H and O–H groups in total. The minimum absolute atomic E-state index is 0.142. The average molecular weight is 360 g/mol. The van der Waals surface area contributed by atoms with Gasteiger partial charge < -0.3 is 9.47 Å². The average Bonchev–Trinajstić information content (AvgIpc) is 2.96. The fourth-order valence-corrected chi connectivity index (χ4v) is 2.92. The van der Waals surface area contributed by atoms with E-state index in [9.17, 15) is 9.18 Å². The molecule has 0 unspecified atom stereocenters. The molecule has 4 rings (SSSR count). The van der Waals surface area contributed by atoms with Crippen LogP contribution in [0.25, 0.3) is 6.08 Å². The minimum atomic E-state index is -0.281. The molecule has 0 saturated carbocycles. The van der Waals surface area contributed by atoms with Crippen LogP contribution in [-0.2, 0) is 6.61 Å². The number of aryl methyl sites for hydroxylation is 1. The third kappa shape index (κ3) is 3.75. The van der Waals surface area contributed by atoms with Crippen LogP contribution >= 0.6 is 0 Å². The zero-order valence-corrected chi connectivity index (χ0v) is 14.7. The smallest absolute Gasteiger partial charge is 0.231 e. The van der Waals surface area contributed by atoms with Gasteiger partial charge in [-0.15, -0.1) is 0 Å². The second-order valence-electron chi connectivity index (χ2n) is 6.43. The number of halogens is 1. The molecule has 0 aromatic heterocycles.